The number of imide groups is 1. The van der Waals surface area contributed by atoms with E-state index in [1.807, 2.05) is 19.2 Å². The monoisotopic (exact) mass is 496 g/mol. The zero-order chi connectivity index (χ0) is 25.7. The van der Waals surface area contributed by atoms with Crippen LogP contribution < -0.4 is 0 Å². The first-order chi connectivity index (χ1) is 17.9. The molecule has 2 aromatic carbocycles. The van der Waals surface area contributed by atoms with Crippen LogP contribution in [-0.4, -0.2) is 75.8 Å². The van der Waals surface area contributed by atoms with E-state index in [1.165, 1.54) is 26.8 Å². The molecule has 8 heteroatoms. The minimum Gasteiger partial charge on any atom is -0.361 e. The molecular weight excluding hydrogens is 464 g/mol. The zero-order valence-corrected chi connectivity index (χ0v) is 21.4. The number of rotatable bonds is 7. The number of hydrogen-bond acceptors (Lipinski definition) is 4. The van der Waals surface area contributed by atoms with Crippen LogP contribution in [0.5, 0.6) is 0 Å². The normalized spacial score (nSPS) is 20.0. The number of urea groups is 1. The molecule has 3 amide bonds. The van der Waals surface area contributed by atoms with Gasteiger partial charge in [0.05, 0.1) is 6.34 Å². The summed E-state index contributed by atoms with van der Waals surface area (Å²) in [7, 11) is 3.56. The van der Waals surface area contributed by atoms with Crippen molar-refractivity contribution in [2.45, 2.75) is 43.8 Å². The second-order valence-electron chi connectivity index (χ2n) is 10.5. The van der Waals surface area contributed by atoms with Gasteiger partial charge in [0.2, 0.25) is 0 Å². The number of aromatic amines is 2. The molecule has 0 saturated carbocycles. The fourth-order valence-electron chi connectivity index (χ4n) is 6.13. The molecule has 37 heavy (non-hydrogen) atoms. The largest absolute Gasteiger partial charge is 0.361 e. The first kappa shape index (κ1) is 23.3. The predicted molar refractivity (Wildman–Crippen MR) is 146 cm³/mol. The van der Waals surface area contributed by atoms with Crippen molar-refractivity contribution < 1.29 is 9.59 Å². The molecule has 0 radical (unpaired) electrons. The van der Waals surface area contributed by atoms with Gasteiger partial charge < -0.3 is 19.8 Å². The standard InChI is InChI=1S/C29H32N6O2/c1-29(21-16-30-23-12-6-4-10-19(21)23,22-17-31-24-13-7-5-11-20(22)24)14-8-9-15-35-27(36)25-26(32-18-33(25)2)34(3)28(35)37/h4-7,10-13,16-18,25-26,30-31H,8-9,14-15H2,1-3H3. The molecular formula is C29H32N6O2. The minimum absolute atomic E-state index is 0.163. The van der Waals surface area contributed by atoms with Crippen molar-refractivity contribution in [3.05, 3.63) is 72.1 Å². The number of aliphatic imine (C=N–C) groups is 1. The summed E-state index contributed by atoms with van der Waals surface area (Å²) in [6.45, 7) is 2.70. The van der Waals surface area contributed by atoms with Gasteiger partial charge in [-0.05, 0) is 36.1 Å². The van der Waals surface area contributed by atoms with Gasteiger partial charge in [0.15, 0.2) is 12.2 Å². The van der Waals surface area contributed by atoms with E-state index in [9.17, 15) is 9.59 Å². The van der Waals surface area contributed by atoms with Gasteiger partial charge in [-0.1, -0.05) is 49.7 Å². The van der Waals surface area contributed by atoms with Gasteiger partial charge >= 0.3 is 6.03 Å². The van der Waals surface area contributed by atoms with E-state index in [2.05, 4.69) is 70.7 Å². The summed E-state index contributed by atoms with van der Waals surface area (Å²) < 4.78 is 0. The smallest absolute Gasteiger partial charge is 0.328 e. The van der Waals surface area contributed by atoms with Crippen LogP contribution >= 0.6 is 0 Å². The molecule has 2 aromatic heterocycles. The highest BCUT2D eigenvalue weighted by Gasteiger charge is 2.48. The van der Waals surface area contributed by atoms with Crippen LogP contribution in [0.3, 0.4) is 0 Å². The highest BCUT2D eigenvalue weighted by molar-refractivity contribution is 6.02. The van der Waals surface area contributed by atoms with Crippen molar-refractivity contribution in [2.75, 3.05) is 20.6 Å². The predicted octanol–water partition coefficient (Wildman–Crippen LogP) is 4.69. The molecule has 0 bridgehead atoms. The molecule has 0 aliphatic carbocycles. The average molecular weight is 497 g/mol. The Kier molecular flexibility index (Phi) is 5.55. The van der Waals surface area contributed by atoms with Crippen molar-refractivity contribution in [2.24, 2.45) is 4.99 Å². The van der Waals surface area contributed by atoms with E-state index >= 15 is 0 Å². The number of aromatic nitrogens is 2. The lowest BCUT2D eigenvalue weighted by atomic mass is 9.72. The Balaban J connectivity index is 1.26. The van der Waals surface area contributed by atoms with Crippen LogP contribution in [0.2, 0.25) is 0 Å². The quantitative estimate of drug-likeness (QED) is 0.364. The number of likely N-dealkylation sites (N-methyl/N-ethyl adjacent to an activating group) is 2. The van der Waals surface area contributed by atoms with E-state index in [0.717, 1.165) is 30.3 Å². The fourth-order valence-corrected chi connectivity index (χ4v) is 6.13. The van der Waals surface area contributed by atoms with Gasteiger partial charge in [0.25, 0.3) is 5.91 Å². The van der Waals surface area contributed by atoms with E-state index in [4.69, 9.17) is 0 Å². The Morgan fingerprint density at radius 3 is 2.11 bits per heavy atom. The van der Waals surface area contributed by atoms with Crippen LogP contribution in [0.1, 0.15) is 37.3 Å². The Labute approximate surface area is 216 Å². The topological polar surface area (TPSA) is 87.8 Å². The number of carbonyl (C=O) groups is 2. The number of amides is 3. The van der Waals surface area contributed by atoms with Gasteiger partial charge in [0.1, 0.15) is 0 Å². The fraction of sp³-hybridized carbons (Fsp3) is 0.345. The highest BCUT2D eigenvalue weighted by atomic mass is 16.2. The van der Waals surface area contributed by atoms with Crippen LogP contribution in [0.25, 0.3) is 21.8 Å². The van der Waals surface area contributed by atoms with Gasteiger partial charge in [0, 0.05) is 60.3 Å². The summed E-state index contributed by atoms with van der Waals surface area (Å²) in [5.41, 5.74) is 4.48. The summed E-state index contributed by atoms with van der Waals surface area (Å²) in [5, 5.41) is 2.43. The second kappa shape index (κ2) is 8.80. The van der Waals surface area contributed by atoms with Crippen molar-refractivity contribution in [3.8, 4) is 0 Å². The summed E-state index contributed by atoms with van der Waals surface area (Å²) in [6.07, 6.45) is 7.94. The molecule has 2 atom stereocenters. The Morgan fingerprint density at radius 2 is 1.49 bits per heavy atom. The summed E-state index contributed by atoms with van der Waals surface area (Å²) in [6, 6.07) is 16.1. The van der Waals surface area contributed by atoms with E-state index in [0.29, 0.717) is 6.54 Å². The third-order valence-electron chi connectivity index (χ3n) is 8.25. The first-order valence-corrected chi connectivity index (χ1v) is 12.9. The summed E-state index contributed by atoms with van der Waals surface area (Å²) in [5.74, 6) is -0.163. The van der Waals surface area contributed by atoms with Crippen molar-refractivity contribution in [1.82, 2.24) is 24.7 Å². The van der Waals surface area contributed by atoms with Crippen LogP contribution in [-0.2, 0) is 10.2 Å². The number of para-hydroxylation sites is 2. The molecule has 4 aromatic rings. The maximum atomic E-state index is 13.2. The number of hydrogen-bond donors (Lipinski definition) is 2. The van der Waals surface area contributed by atoms with Gasteiger partial charge in [-0.25, -0.2) is 9.79 Å². The van der Waals surface area contributed by atoms with E-state index in [1.54, 1.807) is 23.2 Å². The number of nitrogens with zero attached hydrogens (tertiary/aromatic N) is 4. The molecule has 6 rings (SSSR count). The average Bonchev–Trinajstić information content (AvgIpc) is 3.64. The van der Waals surface area contributed by atoms with Crippen molar-refractivity contribution in [1.29, 1.82) is 0 Å². The molecule has 1 saturated heterocycles. The van der Waals surface area contributed by atoms with Crippen molar-refractivity contribution in [3.63, 3.8) is 0 Å². The molecule has 2 N–H and O–H groups in total. The molecule has 1 fully saturated rings. The zero-order valence-electron chi connectivity index (χ0n) is 21.4. The minimum atomic E-state index is -0.439. The summed E-state index contributed by atoms with van der Waals surface area (Å²) in [4.78, 5) is 42.2. The molecule has 8 nitrogen and oxygen atoms in total. The molecule has 190 valence electrons. The molecule has 0 spiro atoms. The molecule has 2 unspecified atom stereocenters. The van der Waals surface area contributed by atoms with Gasteiger partial charge in [-0.3, -0.25) is 9.69 Å². The first-order valence-electron chi connectivity index (χ1n) is 12.9. The van der Waals surface area contributed by atoms with Crippen LogP contribution in [0, 0.1) is 0 Å². The van der Waals surface area contributed by atoms with Crippen molar-refractivity contribution >= 4 is 40.1 Å². The number of H-pyrrole nitrogens is 2. The number of fused-ring (bicyclic) bond motifs is 3. The number of nitrogens with one attached hydrogen (secondary N) is 2. The molecule has 2 aliphatic heterocycles. The lowest BCUT2D eigenvalue weighted by Gasteiger charge is -2.40. The number of unbranched alkanes of at least 4 members (excludes halogenated alkanes) is 1. The summed E-state index contributed by atoms with van der Waals surface area (Å²) >= 11 is 0. The molecule has 4 heterocycles. The lowest BCUT2D eigenvalue weighted by Crippen LogP contribution is -2.64. The maximum absolute atomic E-state index is 13.2. The maximum Gasteiger partial charge on any atom is 0.328 e. The Morgan fingerprint density at radius 1 is 0.892 bits per heavy atom. The third kappa shape index (κ3) is 3.62. The van der Waals surface area contributed by atoms with Crippen LogP contribution in [0.4, 0.5) is 4.79 Å². The SMILES string of the molecule is CN1C=NC2C1C(=O)N(CCCCC(C)(c1c[nH]c3ccccc13)c1c[nH]c3ccccc13)C(=O)N2C. The highest BCUT2D eigenvalue weighted by Crippen LogP contribution is 2.43. The van der Waals surface area contributed by atoms with Crippen LogP contribution in [0.15, 0.2) is 65.9 Å². The Bertz CT molecular complexity index is 1440. The Hall–Kier alpha value is -4.07. The van der Waals surface area contributed by atoms with Gasteiger partial charge in [-0.15, -0.1) is 0 Å². The number of benzene rings is 2. The third-order valence-corrected chi connectivity index (χ3v) is 8.25. The second-order valence-corrected chi connectivity index (χ2v) is 10.5. The van der Waals surface area contributed by atoms with E-state index < -0.39 is 12.2 Å². The molecule has 2 aliphatic rings. The lowest BCUT2D eigenvalue weighted by molar-refractivity contribution is -0.137. The van der Waals surface area contributed by atoms with E-state index in [-0.39, 0.29) is 17.4 Å². The number of carbonyl (C=O) groups excluding carboxylic acids is 2. The van der Waals surface area contributed by atoms with Gasteiger partial charge in [-0.2, -0.15) is 0 Å².